The number of rotatable bonds is 3. The largest absolute Gasteiger partial charge is 0.325 e. The minimum absolute atomic E-state index is 0.311. The number of hydrogen-bond donors (Lipinski definition) is 1. The molecule has 5 heteroatoms. The van der Waals surface area contributed by atoms with Crippen molar-refractivity contribution in [2.24, 2.45) is 5.73 Å². The summed E-state index contributed by atoms with van der Waals surface area (Å²) in [6.07, 6.45) is 0. The lowest BCUT2D eigenvalue weighted by Gasteiger charge is -2.11. The van der Waals surface area contributed by atoms with E-state index in [1.807, 2.05) is 28.9 Å². The van der Waals surface area contributed by atoms with E-state index >= 15 is 0 Å². The minimum atomic E-state index is 0.311. The third-order valence-electron chi connectivity index (χ3n) is 3.51. The SMILES string of the molecule is Cc1cc(C)cc(-n2nnc(CN)c2-c2ccccc2Cl)c1. The van der Waals surface area contributed by atoms with Crippen LogP contribution in [0.2, 0.25) is 5.02 Å². The third-order valence-corrected chi connectivity index (χ3v) is 3.84. The summed E-state index contributed by atoms with van der Waals surface area (Å²) >= 11 is 6.36. The highest BCUT2D eigenvalue weighted by Crippen LogP contribution is 2.31. The molecule has 4 nitrogen and oxygen atoms in total. The molecule has 0 aliphatic heterocycles. The van der Waals surface area contributed by atoms with E-state index in [0.29, 0.717) is 11.6 Å². The van der Waals surface area contributed by atoms with Crippen LogP contribution in [0.15, 0.2) is 42.5 Å². The Hall–Kier alpha value is -2.17. The molecule has 0 atom stereocenters. The number of hydrogen-bond acceptors (Lipinski definition) is 3. The molecule has 1 heterocycles. The van der Waals surface area contributed by atoms with Crippen molar-refractivity contribution >= 4 is 11.6 Å². The second kappa shape index (κ2) is 5.91. The highest BCUT2D eigenvalue weighted by Gasteiger charge is 2.17. The Labute approximate surface area is 134 Å². The van der Waals surface area contributed by atoms with Crippen LogP contribution in [0.1, 0.15) is 16.8 Å². The lowest BCUT2D eigenvalue weighted by molar-refractivity contribution is 0.798. The van der Waals surface area contributed by atoms with Crippen LogP contribution in [0.25, 0.3) is 16.9 Å². The molecule has 3 rings (SSSR count). The Kier molecular flexibility index (Phi) is 3.96. The number of halogens is 1. The summed E-state index contributed by atoms with van der Waals surface area (Å²) < 4.78 is 1.81. The summed E-state index contributed by atoms with van der Waals surface area (Å²) in [7, 11) is 0. The number of aromatic nitrogens is 3. The van der Waals surface area contributed by atoms with Crippen LogP contribution in [0.5, 0.6) is 0 Å². The van der Waals surface area contributed by atoms with E-state index in [1.165, 1.54) is 11.1 Å². The van der Waals surface area contributed by atoms with Gasteiger partial charge in [-0.25, -0.2) is 4.68 Å². The summed E-state index contributed by atoms with van der Waals surface area (Å²) in [5.41, 5.74) is 11.6. The second-order valence-electron chi connectivity index (χ2n) is 5.33. The second-order valence-corrected chi connectivity index (χ2v) is 5.73. The summed E-state index contributed by atoms with van der Waals surface area (Å²) in [4.78, 5) is 0. The van der Waals surface area contributed by atoms with Gasteiger partial charge in [0.1, 0.15) is 11.4 Å². The van der Waals surface area contributed by atoms with Gasteiger partial charge in [-0.05, 0) is 43.2 Å². The summed E-state index contributed by atoms with van der Waals surface area (Å²) in [5, 5.41) is 9.16. The molecule has 0 aliphatic rings. The van der Waals surface area contributed by atoms with E-state index < -0.39 is 0 Å². The fourth-order valence-corrected chi connectivity index (χ4v) is 2.85. The summed E-state index contributed by atoms with van der Waals surface area (Å²) in [6, 6.07) is 13.9. The minimum Gasteiger partial charge on any atom is -0.325 e. The Morgan fingerprint density at radius 3 is 2.41 bits per heavy atom. The molecule has 0 amide bonds. The number of nitrogens with zero attached hydrogens (tertiary/aromatic N) is 3. The standard InChI is InChI=1S/C17H17ClN4/c1-11-7-12(2)9-13(8-11)22-17(16(10-19)20-21-22)14-5-3-4-6-15(14)18/h3-9H,10,19H2,1-2H3. The average molecular weight is 313 g/mol. The van der Waals surface area contributed by atoms with Crippen molar-refractivity contribution < 1.29 is 0 Å². The van der Waals surface area contributed by atoms with Crippen molar-refractivity contribution in [3.8, 4) is 16.9 Å². The molecule has 0 saturated heterocycles. The van der Waals surface area contributed by atoms with Crippen molar-refractivity contribution in [1.29, 1.82) is 0 Å². The molecule has 0 saturated carbocycles. The molecule has 0 unspecified atom stereocenters. The number of aryl methyl sites for hydroxylation is 2. The molecule has 3 aromatic rings. The Balaban J connectivity index is 2.26. The Bertz CT molecular complexity index is 803. The van der Waals surface area contributed by atoms with Crippen LogP contribution in [0, 0.1) is 13.8 Å². The maximum absolute atomic E-state index is 6.36. The molecule has 0 bridgehead atoms. The van der Waals surface area contributed by atoms with Gasteiger partial charge < -0.3 is 5.73 Å². The Morgan fingerprint density at radius 1 is 1.09 bits per heavy atom. The predicted molar refractivity (Wildman–Crippen MR) is 89.2 cm³/mol. The fraction of sp³-hybridized carbons (Fsp3) is 0.176. The monoisotopic (exact) mass is 312 g/mol. The van der Waals surface area contributed by atoms with Crippen molar-refractivity contribution in [1.82, 2.24) is 15.0 Å². The lowest BCUT2D eigenvalue weighted by atomic mass is 10.1. The van der Waals surface area contributed by atoms with E-state index in [-0.39, 0.29) is 0 Å². The topological polar surface area (TPSA) is 56.7 Å². The first-order valence-corrected chi connectivity index (χ1v) is 7.46. The zero-order valence-corrected chi connectivity index (χ0v) is 13.3. The molecule has 22 heavy (non-hydrogen) atoms. The molecule has 0 aliphatic carbocycles. The van der Waals surface area contributed by atoms with Crippen LogP contribution < -0.4 is 5.73 Å². The maximum atomic E-state index is 6.36. The van der Waals surface area contributed by atoms with Gasteiger partial charge in [0.05, 0.1) is 10.7 Å². The smallest absolute Gasteiger partial charge is 0.105 e. The molecule has 0 radical (unpaired) electrons. The van der Waals surface area contributed by atoms with E-state index in [2.05, 4.69) is 42.4 Å². The predicted octanol–water partition coefficient (Wildman–Crippen LogP) is 3.66. The lowest BCUT2D eigenvalue weighted by Crippen LogP contribution is -2.03. The van der Waals surface area contributed by atoms with Gasteiger partial charge in [-0.3, -0.25) is 0 Å². The number of nitrogens with two attached hydrogens (primary N) is 1. The highest BCUT2D eigenvalue weighted by molar-refractivity contribution is 6.33. The zero-order valence-electron chi connectivity index (χ0n) is 12.5. The van der Waals surface area contributed by atoms with E-state index in [9.17, 15) is 0 Å². The third kappa shape index (κ3) is 2.63. The van der Waals surface area contributed by atoms with Crippen molar-refractivity contribution in [2.45, 2.75) is 20.4 Å². The highest BCUT2D eigenvalue weighted by atomic mass is 35.5. The van der Waals surface area contributed by atoms with E-state index in [1.54, 1.807) is 0 Å². The molecular formula is C17H17ClN4. The fourth-order valence-electron chi connectivity index (χ4n) is 2.63. The van der Waals surface area contributed by atoms with Crippen LogP contribution in [0.4, 0.5) is 0 Å². The normalized spacial score (nSPS) is 10.9. The van der Waals surface area contributed by atoms with Crippen LogP contribution in [-0.2, 0) is 6.54 Å². The molecule has 0 spiro atoms. The first-order valence-electron chi connectivity index (χ1n) is 7.08. The van der Waals surface area contributed by atoms with Gasteiger partial charge in [-0.2, -0.15) is 0 Å². The van der Waals surface area contributed by atoms with Gasteiger partial charge in [0.15, 0.2) is 0 Å². The summed E-state index contributed by atoms with van der Waals surface area (Å²) in [6.45, 7) is 4.43. The van der Waals surface area contributed by atoms with Crippen molar-refractivity contribution in [3.05, 3.63) is 64.3 Å². The zero-order chi connectivity index (χ0) is 15.7. The molecule has 0 fully saturated rings. The molecule has 1 aromatic heterocycles. The van der Waals surface area contributed by atoms with E-state index in [4.69, 9.17) is 17.3 Å². The average Bonchev–Trinajstić information content (AvgIpc) is 2.90. The van der Waals surface area contributed by atoms with Gasteiger partial charge in [0, 0.05) is 12.1 Å². The van der Waals surface area contributed by atoms with Gasteiger partial charge in [-0.1, -0.05) is 41.1 Å². The van der Waals surface area contributed by atoms with Gasteiger partial charge >= 0.3 is 0 Å². The van der Waals surface area contributed by atoms with Gasteiger partial charge in [0.2, 0.25) is 0 Å². The maximum Gasteiger partial charge on any atom is 0.105 e. The van der Waals surface area contributed by atoms with Crippen LogP contribution >= 0.6 is 11.6 Å². The quantitative estimate of drug-likeness (QED) is 0.803. The van der Waals surface area contributed by atoms with Crippen molar-refractivity contribution in [3.63, 3.8) is 0 Å². The molecule has 2 aromatic carbocycles. The summed E-state index contributed by atoms with van der Waals surface area (Å²) in [5.74, 6) is 0. The van der Waals surface area contributed by atoms with Gasteiger partial charge in [0.25, 0.3) is 0 Å². The molecular weight excluding hydrogens is 296 g/mol. The van der Waals surface area contributed by atoms with Crippen LogP contribution in [0.3, 0.4) is 0 Å². The van der Waals surface area contributed by atoms with Crippen molar-refractivity contribution in [2.75, 3.05) is 0 Å². The molecule has 112 valence electrons. The number of benzene rings is 2. The van der Waals surface area contributed by atoms with Gasteiger partial charge in [-0.15, -0.1) is 5.10 Å². The first-order chi connectivity index (χ1) is 10.6. The van der Waals surface area contributed by atoms with E-state index in [0.717, 1.165) is 22.6 Å². The Morgan fingerprint density at radius 2 is 1.77 bits per heavy atom. The molecule has 2 N–H and O–H groups in total. The first kappa shape index (κ1) is 14.8. The van der Waals surface area contributed by atoms with Crippen LogP contribution in [-0.4, -0.2) is 15.0 Å².